The number of anilines is 1. The Kier molecular flexibility index (Phi) is 7.42. The first-order valence-corrected chi connectivity index (χ1v) is 15.0. The van der Waals surface area contributed by atoms with Gasteiger partial charge in [0.05, 0.1) is 18.4 Å². The average Bonchev–Trinajstić information content (AvgIpc) is 3.69. The molecule has 11 heteroatoms. The topological polar surface area (TPSA) is 100 Å². The maximum Gasteiger partial charge on any atom is 0.410 e. The summed E-state index contributed by atoms with van der Waals surface area (Å²) >= 11 is 0. The lowest BCUT2D eigenvalue weighted by atomic mass is 9.93. The highest BCUT2D eigenvalue weighted by Gasteiger charge is 2.36. The summed E-state index contributed by atoms with van der Waals surface area (Å²) in [6.07, 6.45) is 7.70. The molecule has 4 fully saturated rings. The highest BCUT2D eigenvalue weighted by Crippen LogP contribution is 2.45. The second-order valence-corrected chi connectivity index (χ2v) is 13.1. The van der Waals surface area contributed by atoms with Gasteiger partial charge in [-0.2, -0.15) is 0 Å². The van der Waals surface area contributed by atoms with Crippen molar-refractivity contribution in [3.8, 4) is 0 Å². The van der Waals surface area contributed by atoms with Gasteiger partial charge >= 0.3 is 12.1 Å². The maximum absolute atomic E-state index is 15.1. The number of fused-ring (bicyclic) bond motifs is 1. The van der Waals surface area contributed by atoms with Crippen LogP contribution in [0.15, 0.2) is 18.5 Å². The molecule has 1 saturated carbocycles. The Morgan fingerprint density at radius 3 is 2.51 bits per heavy atom. The number of imide groups is 1. The zero-order chi connectivity index (χ0) is 28.9. The molecule has 6 rings (SSSR count). The summed E-state index contributed by atoms with van der Waals surface area (Å²) in [5, 5.41) is 3.49. The minimum Gasteiger partial charge on any atom is -0.444 e. The van der Waals surface area contributed by atoms with Crippen LogP contribution in [-0.2, 0) is 9.53 Å². The predicted octanol–water partition coefficient (Wildman–Crippen LogP) is 4.59. The maximum atomic E-state index is 15.1. The zero-order valence-corrected chi connectivity index (χ0v) is 24.3. The van der Waals surface area contributed by atoms with Gasteiger partial charge in [-0.05, 0) is 70.4 Å². The standard InChI is InChI=1S/C30H41FN6O4/c1-30(2,3)41-29(40)35-12-6-20(25(31)18-35)16-34-10-7-21(8-11-34)37-17-24(19-4-5-19)23-14-22(15-32-27(23)37)36-13-9-26(38)33-28(36)39/h14-15,17,19-21,25H,4-13,16,18H2,1-3H3,(H,33,38,39)/t20-,25+/m1/s1. The second-order valence-electron chi connectivity index (χ2n) is 13.1. The highest BCUT2D eigenvalue weighted by molar-refractivity contribution is 6.06. The van der Waals surface area contributed by atoms with E-state index < -0.39 is 23.9 Å². The molecular formula is C30H41FN6O4. The van der Waals surface area contributed by atoms with E-state index in [1.54, 1.807) is 11.1 Å². The van der Waals surface area contributed by atoms with Crippen LogP contribution in [0, 0.1) is 5.92 Å². The van der Waals surface area contributed by atoms with Gasteiger partial charge in [0.25, 0.3) is 0 Å². The molecule has 10 nitrogen and oxygen atoms in total. The molecule has 5 heterocycles. The third kappa shape index (κ3) is 6.05. The van der Waals surface area contributed by atoms with E-state index in [9.17, 15) is 14.4 Å². The van der Waals surface area contributed by atoms with E-state index in [0.29, 0.717) is 38.0 Å². The lowest BCUT2D eigenvalue weighted by molar-refractivity contribution is -0.120. The Morgan fingerprint density at radius 2 is 1.85 bits per heavy atom. The van der Waals surface area contributed by atoms with E-state index in [0.717, 1.165) is 55.5 Å². The molecule has 3 aliphatic heterocycles. The number of nitrogens with zero attached hydrogens (tertiary/aromatic N) is 5. The Hall–Kier alpha value is -3.21. The van der Waals surface area contributed by atoms with Gasteiger partial charge in [-0.3, -0.25) is 15.0 Å². The van der Waals surface area contributed by atoms with Gasteiger partial charge in [0, 0.05) is 62.7 Å². The zero-order valence-electron chi connectivity index (χ0n) is 24.3. The Balaban J connectivity index is 1.09. The van der Waals surface area contributed by atoms with Gasteiger partial charge in [0.15, 0.2) is 0 Å². The molecule has 2 aromatic rings. The van der Waals surface area contributed by atoms with Crippen molar-refractivity contribution in [2.45, 2.75) is 83.0 Å². The third-order valence-electron chi connectivity index (χ3n) is 8.84. The van der Waals surface area contributed by atoms with Crippen LogP contribution in [0.1, 0.15) is 76.8 Å². The molecule has 1 aliphatic carbocycles. The van der Waals surface area contributed by atoms with Crippen molar-refractivity contribution in [1.82, 2.24) is 24.7 Å². The number of nitrogens with one attached hydrogen (secondary N) is 1. The summed E-state index contributed by atoms with van der Waals surface area (Å²) in [6.45, 7) is 8.94. The summed E-state index contributed by atoms with van der Waals surface area (Å²) in [5.74, 6) is 0.201. The smallest absolute Gasteiger partial charge is 0.410 e. The number of amides is 4. The minimum absolute atomic E-state index is 0.0820. The van der Waals surface area contributed by atoms with E-state index in [-0.39, 0.29) is 24.8 Å². The summed E-state index contributed by atoms with van der Waals surface area (Å²) < 4.78 is 22.9. The first kappa shape index (κ1) is 27.9. The lowest BCUT2D eigenvalue weighted by Gasteiger charge is -2.39. The van der Waals surface area contributed by atoms with Crippen LogP contribution < -0.4 is 10.2 Å². The van der Waals surface area contributed by atoms with Crippen LogP contribution in [0.4, 0.5) is 19.7 Å². The van der Waals surface area contributed by atoms with Crippen molar-refractivity contribution >= 4 is 34.8 Å². The van der Waals surface area contributed by atoms with Gasteiger partial charge in [0.2, 0.25) is 5.91 Å². The normalized spacial score (nSPS) is 25.1. The van der Waals surface area contributed by atoms with Crippen LogP contribution in [0.2, 0.25) is 0 Å². The van der Waals surface area contributed by atoms with Crippen LogP contribution in [0.5, 0.6) is 0 Å². The van der Waals surface area contributed by atoms with Crippen LogP contribution in [0.3, 0.4) is 0 Å². The summed E-state index contributed by atoms with van der Waals surface area (Å²) in [6, 6.07) is 1.97. The number of hydrogen-bond acceptors (Lipinski definition) is 6. The number of alkyl halides is 1. The molecule has 41 heavy (non-hydrogen) atoms. The van der Waals surface area contributed by atoms with Crippen LogP contribution in [0.25, 0.3) is 11.0 Å². The number of pyridine rings is 1. The number of piperidine rings is 2. The third-order valence-corrected chi connectivity index (χ3v) is 8.84. The summed E-state index contributed by atoms with van der Waals surface area (Å²) in [4.78, 5) is 46.7. The molecule has 0 bridgehead atoms. The Labute approximate surface area is 240 Å². The van der Waals surface area contributed by atoms with Crippen LogP contribution >= 0.6 is 0 Å². The fourth-order valence-corrected chi connectivity index (χ4v) is 6.46. The van der Waals surface area contributed by atoms with Gasteiger partial charge in [0.1, 0.15) is 17.4 Å². The molecule has 1 N–H and O–H groups in total. The minimum atomic E-state index is -1.05. The number of hydrogen-bond donors (Lipinski definition) is 1. The highest BCUT2D eigenvalue weighted by atomic mass is 19.1. The van der Waals surface area contributed by atoms with Gasteiger partial charge in [-0.1, -0.05) is 0 Å². The van der Waals surface area contributed by atoms with E-state index in [2.05, 4.69) is 27.0 Å². The Bertz CT molecular complexity index is 1330. The molecule has 0 spiro atoms. The van der Waals surface area contributed by atoms with Crippen molar-refractivity contribution in [2.24, 2.45) is 5.92 Å². The molecule has 4 amide bonds. The van der Waals surface area contributed by atoms with Gasteiger partial charge in [-0.25, -0.2) is 19.0 Å². The molecule has 2 atom stereocenters. The van der Waals surface area contributed by atoms with Crippen molar-refractivity contribution in [1.29, 1.82) is 0 Å². The number of carbonyl (C=O) groups excluding carboxylic acids is 3. The number of aromatic nitrogens is 2. The van der Waals surface area contributed by atoms with Gasteiger partial charge < -0.3 is 19.1 Å². The first-order valence-electron chi connectivity index (χ1n) is 15.0. The summed E-state index contributed by atoms with van der Waals surface area (Å²) in [5.41, 5.74) is 2.37. The van der Waals surface area contributed by atoms with Crippen LogP contribution in [-0.4, -0.2) is 88.4 Å². The molecule has 2 aromatic heterocycles. The number of likely N-dealkylation sites (tertiary alicyclic amines) is 2. The number of ether oxygens (including phenoxy) is 1. The second kappa shape index (κ2) is 10.9. The van der Waals surface area contributed by atoms with Crippen molar-refractivity contribution in [3.63, 3.8) is 0 Å². The largest absolute Gasteiger partial charge is 0.444 e. The summed E-state index contributed by atoms with van der Waals surface area (Å²) in [7, 11) is 0. The molecule has 0 unspecified atom stereocenters. The monoisotopic (exact) mass is 568 g/mol. The molecule has 0 aromatic carbocycles. The first-order chi connectivity index (χ1) is 19.6. The molecule has 3 saturated heterocycles. The van der Waals surface area contributed by atoms with Crippen molar-refractivity contribution in [2.75, 3.05) is 44.2 Å². The Morgan fingerprint density at radius 1 is 1.10 bits per heavy atom. The lowest BCUT2D eigenvalue weighted by Crippen LogP contribution is -2.50. The quantitative estimate of drug-likeness (QED) is 0.566. The molecule has 0 radical (unpaired) electrons. The predicted molar refractivity (Wildman–Crippen MR) is 153 cm³/mol. The number of rotatable bonds is 5. The molecule has 222 valence electrons. The number of halogens is 1. The van der Waals surface area contributed by atoms with E-state index in [4.69, 9.17) is 9.72 Å². The van der Waals surface area contributed by atoms with E-state index in [1.165, 1.54) is 10.5 Å². The fourth-order valence-electron chi connectivity index (χ4n) is 6.46. The van der Waals surface area contributed by atoms with Crippen molar-refractivity contribution < 1.29 is 23.5 Å². The molecule has 4 aliphatic rings. The van der Waals surface area contributed by atoms with Crippen molar-refractivity contribution in [3.05, 3.63) is 24.0 Å². The van der Waals surface area contributed by atoms with Gasteiger partial charge in [-0.15, -0.1) is 0 Å². The fraction of sp³-hybridized carbons (Fsp3) is 0.667. The number of carbonyl (C=O) groups is 3. The SMILES string of the molecule is CC(C)(C)OC(=O)N1CC[C@H](CN2CCC(n3cc(C4CC4)c4cc(N5CCC(=O)NC5=O)cnc43)CC2)[C@@H](F)C1. The molecular weight excluding hydrogens is 527 g/mol. The average molecular weight is 569 g/mol. The van der Waals surface area contributed by atoms with E-state index >= 15 is 4.39 Å². The van der Waals surface area contributed by atoms with E-state index in [1.807, 2.05) is 20.8 Å². The number of urea groups is 1.